The molecule has 2 aromatic heterocycles. The molecule has 0 radical (unpaired) electrons. The molecule has 0 aromatic carbocycles. The molecule has 4 heterocycles. The summed E-state index contributed by atoms with van der Waals surface area (Å²) in [5.41, 5.74) is 6.11. The van der Waals surface area contributed by atoms with Crippen molar-refractivity contribution in [3.63, 3.8) is 0 Å². The molecule has 33 heavy (non-hydrogen) atoms. The van der Waals surface area contributed by atoms with Gasteiger partial charge in [-0.05, 0) is 11.6 Å². The fraction of sp³-hybridized carbons (Fsp3) is 0.167. The molecule has 170 valence electrons. The summed E-state index contributed by atoms with van der Waals surface area (Å²) in [6, 6.07) is -0.984. The van der Waals surface area contributed by atoms with Crippen molar-refractivity contribution >= 4 is 57.8 Å². The van der Waals surface area contributed by atoms with Crippen LogP contribution in [0.1, 0.15) is 11.4 Å². The van der Waals surface area contributed by atoms with Gasteiger partial charge in [0.05, 0.1) is 6.20 Å². The smallest absolute Gasteiger partial charge is 0.352 e. The first-order valence-corrected chi connectivity index (χ1v) is 11.2. The van der Waals surface area contributed by atoms with Crippen LogP contribution in [0.5, 0.6) is 0 Å². The molecule has 15 heteroatoms. The summed E-state index contributed by atoms with van der Waals surface area (Å²) >= 11 is 2.36. The topological polar surface area (TPSA) is 200 Å². The number of fused-ring (bicyclic) bond motifs is 1. The molecule has 2 aliphatic heterocycles. The minimum absolute atomic E-state index is 0.0645. The number of allylic oxidation sites excluding steroid dienone is 3. The van der Waals surface area contributed by atoms with Crippen molar-refractivity contribution in [2.24, 2.45) is 5.16 Å². The third-order valence-corrected chi connectivity index (χ3v) is 6.65. The highest BCUT2D eigenvalue weighted by atomic mass is 32.2. The van der Waals surface area contributed by atoms with Gasteiger partial charge in [0.1, 0.15) is 28.5 Å². The zero-order valence-corrected chi connectivity index (χ0v) is 18.2. The van der Waals surface area contributed by atoms with Gasteiger partial charge >= 0.3 is 5.97 Å². The van der Waals surface area contributed by atoms with E-state index in [1.54, 1.807) is 24.3 Å². The van der Waals surface area contributed by atoms with Gasteiger partial charge in [0.2, 0.25) is 0 Å². The molecule has 2 atom stereocenters. The van der Waals surface area contributed by atoms with E-state index in [0.29, 0.717) is 17.0 Å². The maximum Gasteiger partial charge on any atom is 0.352 e. The zero-order valence-electron chi connectivity index (χ0n) is 16.6. The number of nitrogens with one attached hydrogen (secondary N) is 2. The van der Waals surface area contributed by atoms with Gasteiger partial charge in [-0.2, -0.15) is 15.4 Å². The van der Waals surface area contributed by atoms with Crippen molar-refractivity contribution < 1.29 is 24.7 Å². The molecule has 1 fully saturated rings. The second-order valence-electron chi connectivity index (χ2n) is 6.67. The van der Waals surface area contributed by atoms with Gasteiger partial charge in [0.25, 0.3) is 11.8 Å². The van der Waals surface area contributed by atoms with Crippen LogP contribution in [0.4, 0.5) is 5.13 Å². The molecule has 0 bridgehead atoms. The normalized spacial score (nSPS) is 20.9. The number of rotatable bonds is 7. The molecule has 2 aliphatic rings. The molecule has 0 unspecified atom stereocenters. The number of β-lactam (4-membered cyclic amide) rings is 1. The number of thioether (sulfide) groups is 1. The van der Waals surface area contributed by atoms with Crippen molar-refractivity contribution in [1.29, 1.82) is 0 Å². The van der Waals surface area contributed by atoms with Gasteiger partial charge in [0, 0.05) is 11.1 Å². The van der Waals surface area contributed by atoms with Crippen LogP contribution in [-0.4, -0.2) is 76.3 Å². The number of carboxylic acids is 1. The van der Waals surface area contributed by atoms with Crippen LogP contribution in [0, 0.1) is 0 Å². The molecule has 6 N–H and O–H groups in total. The van der Waals surface area contributed by atoms with E-state index in [4.69, 9.17) is 5.73 Å². The largest absolute Gasteiger partial charge is 0.477 e. The molecule has 2 amide bonds. The number of hydrogen-bond donors (Lipinski definition) is 5. The van der Waals surface area contributed by atoms with Crippen molar-refractivity contribution in [3.8, 4) is 0 Å². The summed E-state index contributed by atoms with van der Waals surface area (Å²) in [7, 11) is 0. The van der Waals surface area contributed by atoms with Gasteiger partial charge in [-0.15, -0.1) is 23.1 Å². The zero-order chi connectivity index (χ0) is 23.5. The Balaban J connectivity index is 1.48. The van der Waals surface area contributed by atoms with Crippen molar-refractivity contribution in [2.75, 3.05) is 11.5 Å². The monoisotopic (exact) mass is 488 g/mol. The number of nitrogens with two attached hydrogens (primary N) is 1. The van der Waals surface area contributed by atoms with Crippen molar-refractivity contribution in [3.05, 3.63) is 52.5 Å². The quantitative estimate of drug-likeness (QED) is 0.116. The third-order valence-electron chi connectivity index (χ3n) is 4.68. The second-order valence-corrected chi connectivity index (χ2v) is 8.67. The number of thiazole rings is 1. The second kappa shape index (κ2) is 9.25. The summed E-state index contributed by atoms with van der Waals surface area (Å²) < 4.78 is 0. The van der Waals surface area contributed by atoms with E-state index < -0.39 is 34.9 Å². The minimum atomic E-state index is -1.26. The number of carboxylic acid groups (broad SMARTS) is 1. The Labute approximate surface area is 193 Å². The Bertz CT molecular complexity index is 1220. The lowest BCUT2D eigenvalue weighted by molar-refractivity contribution is -0.150. The van der Waals surface area contributed by atoms with Crippen molar-refractivity contribution in [1.82, 2.24) is 30.6 Å². The van der Waals surface area contributed by atoms with Crippen LogP contribution in [0.2, 0.25) is 0 Å². The van der Waals surface area contributed by atoms with Crippen LogP contribution in [0.25, 0.3) is 6.08 Å². The number of amides is 2. The number of nitrogen functional groups attached to an aromatic ring is 1. The van der Waals surface area contributed by atoms with E-state index in [1.165, 1.54) is 23.3 Å². The standard InChI is InChI=1S/C18H16N8O5S2/c19-18-21-10(7-33-18)11(24-31)14(27)22-12-15(28)26-13(17(29)30)8(6-32-16(12)26)3-1-2-4-9-5-20-25-23-9/h1-5,7,12,16,31H,6H2,(H2,19,21)(H,22,27)(H,29,30)(H,20,23,25)/b3-1-,4-2+,24-11-/t12-,16-/m1/s1. The molecule has 1 saturated heterocycles. The number of anilines is 1. The highest BCUT2D eigenvalue weighted by molar-refractivity contribution is 8.00. The van der Waals surface area contributed by atoms with Crippen LogP contribution in [-0.2, 0) is 14.4 Å². The van der Waals surface area contributed by atoms with E-state index in [2.05, 4.69) is 30.9 Å². The van der Waals surface area contributed by atoms with Gasteiger partial charge in [-0.3, -0.25) is 14.5 Å². The van der Waals surface area contributed by atoms with Crippen LogP contribution in [0.3, 0.4) is 0 Å². The van der Waals surface area contributed by atoms with E-state index in [0.717, 1.165) is 16.2 Å². The highest BCUT2D eigenvalue weighted by Crippen LogP contribution is 2.40. The van der Waals surface area contributed by atoms with Gasteiger partial charge in [-0.1, -0.05) is 23.4 Å². The molecule has 0 saturated carbocycles. The number of H-pyrrole nitrogens is 1. The van der Waals surface area contributed by atoms with Gasteiger partial charge in [0.15, 0.2) is 10.8 Å². The molecule has 0 spiro atoms. The number of aromatic nitrogens is 4. The summed E-state index contributed by atoms with van der Waals surface area (Å²) in [6.07, 6.45) is 8.11. The van der Waals surface area contributed by atoms with E-state index in [1.807, 2.05) is 0 Å². The maximum atomic E-state index is 12.7. The Morgan fingerprint density at radius 1 is 1.36 bits per heavy atom. The van der Waals surface area contributed by atoms with Gasteiger partial charge < -0.3 is 21.4 Å². The fourth-order valence-corrected chi connectivity index (χ4v) is 5.07. The summed E-state index contributed by atoms with van der Waals surface area (Å²) in [6.45, 7) is 0. The van der Waals surface area contributed by atoms with Gasteiger partial charge in [-0.25, -0.2) is 9.78 Å². The fourth-order valence-electron chi connectivity index (χ4n) is 3.21. The average molecular weight is 489 g/mol. The summed E-state index contributed by atoms with van der Waals surface area (Å²) in [5, 5.41) is 35.4. The van der Waals surface area contributed by atoms with Crippen LogP contribution in [0.15, 0.2) is 46.2 Å². The lowest BCUT2D eigenvalue weighted by atomic mass is 10.0. The summed E-state index contributed by atoms with van der Waals surface area (Å²) in [5.74, 6) is -2.36. The number of carbonyl (C=O) groups is 3. The molecular weight excluding hydrogens is 472 g/mol. The Hall–Kier alpha value is -3.98. The number of carbonyl (C=O) groups excluding carboxylic acids is 2. The predicted molar refractivity (Wildman–Crippen MR) is 119 cm³/mol. The predicted octanol–water partition coefficient (Wildman–Crippen LogP) is 0.0299. The highest BCUT2D eigenvalue weighted by Gasteiger charge is 2.54. The van der Waals surface area contributed by atoms with E-state index >= 15 is 0 Å². The maximum absolute atomic E-state index is 12.7. The average Bonchev–Trinajstić information content (AvgIpc) is 3.46. The first kappa shape index (κ1) is 22.2. The number of aliphatic carboxylic acids is 1. The number of hydrogen-bond acceptors (Lipinski definition) is 11. The molecule has 13 nitrogen and oxygen atoms in total. The summed E-state index contributed by atoms with van der Waals surface area (Å²) in [4.78, 5) is 42.2. The molecular formula is C18H16N8O5S2. The first-order chi connectivity index (χ1) is 15.9. The molecule has 0 aliphatic carbocycles. The lowest BCUT2D eigenvalue weighted by Crippen LogP contribution is -2.71. The Kier molecular flexibility index (Phi) is 6.23. The number of oxime groups is 1. The van der Waals surface area contributed by atoms with Crippen molar-refractivity contribution in [2.45, 2.75) is 11.4 Å². The molecule has 2 aromatic rings. The Morgan fingerprint density at radius 3 is 2.79 bits per heavy atom. The molecule has 4 rings (SSSR count). The minimum Gasteiger partial charge on any atom is -0.477 e. The first-order valence-electron chi connectivity index (χ1n) is 9.26. The SMILES string of the molecule is Nc1nc(/C(=N/O)C(=O)N[C@@H]2C(=O)N3C(C(=O)O)=C(/C=C\C=C\c4cn[nH]n4)CS[C@H]23)cs1. The van der Waals surface area contributed by atoms with E-state index in [-0.39, 0.29) is 16.5 Å². The third kappa shape index (κ3) is 4.35. The van der Waals surface area contributed by atoms with Crippen LogP contribution < -0.4 is 11.1 Å². The Morgan fingerprint density at radius 2 is 2.15 bits per heavy atom. The number of nitrogens with zero attached hydrogens (tertiary/aromatic N) is 5. The van der Waals surface area contributed by atoms with E-state index in [9.17, 15) is 24.7 Å². The lowest BCUT2D eigenvalue weighted by Gasteiger charge is -2.49. The number of aromatic amines is 1. The van der Waals surface area contributed by atoms with Crippen LogP contribution >= 0.6 is 23.1 Å².